The molecule has 1 aliphatic rings. The Labute approximate surface area is 183 Å². The molecule has 154 valence electrons. The molecule has 0 unspecified atom stereocenters. The fraction of sp³-hybridized carbons (Fsp3) is 0.167. The molecule has 2 aromatic carbocycles. The van der Waals surface area contributed by atoms with Crippen LogP contribution in [0, 0.1) is 11.7 Å². The summed E-state index contributed by atoms with van der Waals surface area (Å²) in [5.41, 5.74) is 4.46. The molecule has 0 bridgehead atoms. The smallest absolute Gasteiger partial charge is 0.164 e. The Bertz CT molecular complexity index is 1260. The number of aromatic nitrogens is 1. The quantitative estimate of drug-likeness (QED) is 0.415. The lowest BCUT2D eigenvalue weighted by Crippen LogP contribution is -2.43. The minimum atomic E-state index is -0.412. The molecule has 1 saturated heterocycles. The summed E-state index contributed by atoms with van der Waals surface area (Å²) in [6, 6.07) is 6.92. The lowest BCUT2D eigenvalue weighted by molar-refractivity contribution is 0.192. The molecule has 0 radical (unpaired) electrons. The first-order valence-electron chi connectivity index (χ1n) is 9.58. The predicted octanol–water partition coefficient (Wildman–Crippen LogP) is 7.57. The van der Waals surface area contributed by atoms with Crippen LogP contribution in [0.25, 0.3) is 32.7 Å². The Balaban J connectivity index is 1.87. The Morgan fingerprint density at radius 2 is 2.07 bits per heavy atom. The summed E-state index contributed by atoms with van der Waals surface area (Å²) < 4.78 is 24.9. The second-order valence-corrected chi connectivity index (χ2v) is 8.69. The molecule has 1 aliphatic heterocycles. The van der Waals surface area contributed by atoms with Crippen molar-refractivity contribution in [2.75, 3.05) is 13.1 Å². The summed E-state index contributed by atoms with van der Waals surface area (Å²) in [6.45, 7) is 15.9. The maximum Gasteiger partial charge on any atom is 0.164 e. The molecule has 0 atom stereocenters. The Morgan fingerprint density at radius 3 is 2.73 bits per heavy atom. The van der Waals surface area contributed by atoms with Crippen molar-refractivity contribution in [2.45, 2.75) is 6.92 Å². The average Bonchev–Trinajstić information content (AvgIpc) is 2.88. The zero-order valence-electron chi connectivity index (χ0n) is 16.7. The Hall–Kier alpha value is -2.76. The van der Waals surface area contributed by atoms with E-state index in [4.69, 9.17) is 16.0 Å². The molecule has 1 N–H and O–H groups in total. The highest BCUT2D eigenvalue weighted by atomic mass is 35.5. The van der Waals surface area contributed by atoms with Gasteiger partial charge in [-0.2, -0.15) is 0 Å². The average molecular weight is 441 g/mol. The van der Waals surface area contributed by atoms with Gasteiger partial charge in [0, 0.05) is 36.0 Å². The molecule has 2 heterocycles. The molecule has 6 heteroatoms. The van der Waals surface area contributed by atoms with Crippen LogP contribution < -0.4 is 0 Å². The van der Waals surface area contributed by atoms with Gasteiger partial charge in [-0.25, -0.2) is 4.39 Å². The van der Waals surface area contributed by atoms with E-state index >= 15 is 0 Å². The van der Waals surface area contributed by atoms with Crippen LogP contribution in [0.15, 0.2) is 66.6 Å². The van der Waals surface area contributed by atoms with E-state index in [2.05, 4.69) is 35.9 Å². The SMILES string of the molecule is C=C/C=C(\C=C)c1cc2[nH]sc3cc(C(=C)N4CC(C)C4)cc(Cl)c3oc2cc1F. The van der Waals surface area contributed by atoms with Gasteiger partial charge in [-0.05, 0) is 29.7 Å². The van der Waals surface area contributed by atoms with Gasteiger partial charge in [0.1, 0.15) is 5.82 Å². The lowest BCUT2D eigenvalue weighted by Gasteiger charge is -2.40. The molecule has 0 aliphatic carbocycles. The number of likely N-dealkylation sites (tertiary alicyclic amines) is 1. The van der Waals surface area contributed by atoms with E-state index in [9.17, 15) is 4.39 Å². The van der Waals surface area contributed by atoms with Gasteiger partial charge in [0.05, 0.1) is 15.2 Å². The summed E-state index contributed by atoms with van der Waals surface area (Å²) in [5.74, 6) is 0.261. The van der Waals surface area contributed by atoms with Gasteiger partial charge < -0.3 is 13.7 Å². The Kier molecular flexibility index (Phi) is 5.58. The Morgan fingerprint density at radius 1 is 1.30 bits per heavy atom. The third kappa shape index (κ3) is 3.71. The number of halogens is 2. The number of H-pyrrole nitrogens is 1. The maximum atomic E-state index is 14.8. The van der Waals surface area contributed by atoms with Crippen LogP contribution in [0.4, 0.5) is 4.39 Å². The summed E-state index contributed by atoms with van der Waals surface area (Å²) in [7, 11) is 0. The van der Waals surface area contributed by atoms with Gasteiger partial charge in [-0.15, -0.1) is 0 Å². The zero-order valence-corrected chi connectivity index (χ0v) is 18.2. The van der Waals surface area contributed by atoms with Crippen molar-refractivity contribution in [1.29, 1.82) is 0 Å². The molecular formula is C24H22ClFN2OS. The molecule has 0 amide bonds. The monoisotopic (exact) mass is 440 g/mol. The summed E-state index contributed by atoms with van der Waals surface area (Å²) in [4.78, 5) is 2.23. The normalized spacial score (nSPS) is 14.6. The van der Waals surface area contributed by atoms with E-state index in [0.717, 1.165) is 29.0 Å². The highest BCUT2D eigenvalue weighted by Crippen LogP contribution is 2.35. The number of nitrogens with one attached hydrogen (secondary N) is 1. The van der Waals surface area contributed by atoms with E-state index < -0.39 is 5.82 Å². The van der Waals surface area contributed by atoms with E-state index in [1.165, 1.54) is 17.6 Å². The van der Waals surface area contributed by atoms with Crippen LogP contribution >= 0.6 is 23.1 Å². The number of hydrogen-bond acceptors (Lipinski definition) is 3. The minimum absolute atomic E-state index is 0.370. The van der Waals surface area contributed by atoms with Crippen molar-refractivity contribution in [2.24, 2.45) is 5.92 Å². The van der Waals surface area contributed by atoms with Crippen molar-refractivity contribution in [1.82, 2.24) is 9.27 Å². The van der Waals surface area contributed by atoms with Crippen molar-refractivity contribution in [3.05, 3.63) is 84.2 Å². The minimum Gasteiger partial charge on any atom is -0.452 e. The second kappa shape index (κ2) is 8.17. The zero-order chi connectivity index (χ0) is 21.4. The van der Waals surface area contributed by atoms with Gasteiger partial charge >= 0.3 is 0 Å². The number of allylic oxidation sites excluding steroid dienone is 4. The van der Waals surface area contributed by atoms with Crippen LogP contribution in [-0.4, -0.2) is 22.4 Å². The van der Waals surface area contributed by atoms with Crippen LogP contribution in [0.2, 0.25) is 5.02 Å². The van der Waals surface area contributed by atoms with E-state index in [1.54, 1.807) is 24.3 Å². The summed E-state index contributed by atoms with van der Waals surface area (Å²) in [5, 5.41) is 0.460. The number of rotatable bonds is 5. The first-order chi connectivity index (χ1) is 14.4. The molecule has 4 rings (SSSR count). The highest BCUT2D eigenvalue weighted by molar-refractivity contribution is 7.13. The largest absolute Gasteiger partial charge is 0.452 e. The van der Waals surface area contributed by atoms with Crippen LogP contribution in [0.1, 0.15) is 18.1 Å². The van der Waals surface area contributed by atoms with E-state index in [1.807, 2.05) is 12.1 Å². The second-order valence-electron chi connectivity index (χ2n) is 7.44. The van der Waals surface area contributed by atoms with Gasteiger partial charge in [-0.3, -0.25) is 0 Å². The highest BCUT2D eigenvalue weighted by Gasteiger charge is 2.24. The summed E-state index contributed by atoms with van der Waals surface area (Å²) in [6.07, 6.45) is 4.91. The van der Waals surface area contributed by atoms with Crippen LogP contribution in [0.5, 0.6) is 0 Å². The molecule has 0 saturated carbocycles. The third-order valence-corrected chi connectivity index (χ3v) is 6.30. The summed E-state index contributed by atoms with van der Waals surface area (Å²) >= 11 is 7.93. The van der Waals surface area contributed by atoms with Crippen LogP contribution in [0.3, 0.4) is 0 Å². The number of benzene rings is 2. The molecule has 1 aromatic heterocycles. The first kappa shape index (κ1) is 20.5. The third-order valence-electron chi connectivity index (χ3n) is 5.17. The van der Waals surface area contributed by atoms with Crippen molar-refractivity contribution < 1.29 is 8.81 Å². The van der Waals surface area contributed by atoms with Gasteiger partial charge in [0.15, 0.2) is 11.2 Å². The number of fused-ring (bicyclic) bond motifs is 2. The number of aromatic amines is 1. The fourth-order valence-corrected chi connectivity index (χ4v) is 4.69. The molecule has 30 heavy (non-hydrogen) atoms. The van der Waals surface area contributed by atoms with Crippen molar-refractivity contribution >= 4 is 55.8 Å². The molecule has 3 aromatic rings. The molecular weight excluding hydrogens is 419 g/mol. The van der Waals surface area contributed by atoms with Gasteiger partial charge in [-0.1, -0.05) is 68.0 Å². The molecule has 3 nitrogen and oxygen atoms in total. The molecule has 1 fully saturated rings. The van der Waals surface area contributed by atoms with Crippen LogP contribution in [-0.2, 0) is 0 Å². The maximum absolute atomic E-state index is 14.8. The molecule has 0 spiro atoms. The van der Waals surface area contributed by atoms with Gasteiger partial charge in [0.2, 0.25) is 0 Å². The first-order valence-corrected chi connectivity index (χ1v) is 10.8. The van der Waals surface area contributed by atoms with E-state index in [0.29, 0.717) is 38.8 Å². The predicted molar refractivity (Wildman–Crippen MR) is 127 cm³/mol. The standard InChI is InChI=1S/C24H22ClFN2OS/c1-5-7-16(6-2)18-10-21-22(11-20(18)26)29-24-19(25)8-17(9-23(24)30-27-21)15(4)28-12-14(3)13-28/h5-11,14,27H,1-2,4,12-13H2,3H3/b16-7+. The number of nitrogens with zero attached hydrogens (tertiary/aromatic N) is 1. The number of hydrogen-bond donors (Lipinski definition) is 1. The van der Waals surface area contributed by atoms with E-state index in [-0.39, 0.29) is 0 Å². The van der Waals surface area contributed by atoms with Gasteiger partial charge in [0.25, 0.3) is 0 Å². The van der Waals surface area contributed by atoms with Crippen molar-refractivity contribution in [3.63, 3.8) is 0 Å². The van der Waals surface area contributed by atoms with Crippen molar-refractivity contribution in [3.8, 4) is 0 Å². The topological polar surface area (TPSA) is 32.2 Å². The lowest BCUT2D eigenvalue weighted by atomic mass is 10.00. The fourth-order valence-electron chi connectivity index (χ4n) is 3.57.